The van der Waals surface area contributed by atoms with E-state index in [1.807, 2.05) is 0 Å². The number of rotatable bonds is 3. The fraction of sp³-hybridized carbons (Fsp3) is 0.0769. The van der Waals surface area contributed by atoms with Crippen molar-refractivity contribution in [1.82, 2.24) is 4.98 Å². The van der Waals surface area contributed by atoms with Gasteiger partial charge in [0, 0.05) is 0 Å². The fourth-order valence-electron chi connectivity index (χ4n) is 1.59. The molecule has 0 saturated heterocycles. The number of aryl methyl sites for hydroxylation is 1. The van der Waals surface area contributed by atoms with Crippen molar-refractivity contribution in [1.29, 1.82) is 0 Å². The Morgan fingerprint density at radius 1 is 1.37 bits per heavy atom. The largest absolute Gasteiger partial charge is 0.438 e. The first-order chi connectivity index (χ1) is 8.97. The number of nitrogens with two attached hydrogens (primary N) is 1. The third-order valence-corrected chi connectivity index (χ3v) is 2.62. The number of carbonyl (C=O) groups is 1. The molecule has 0 unspecified atom stereocenters. The number of primary amides is 1. The maximum absolute atomic E-state index is 12.8. The number of nitrogens with zero attached hydrogens (tertiary/aromatic N) is 1. The van der Waals surface area contributed by atoms with E-state index in [1.54, 1.807) is 6.92 Å². The van der Waals surface area contributed by atoms with E-state index >= 15 is 0 Å². The molecule has 0 aliphatic heterocycles. The van der Waals surface area contributed by atoms with Crippen molar-refractivity contribution in [2.45, 2.75) is 6.92 Å². The number of aromatic nitrogens is 1. The standard InChI is InChI=1S/C13H10ClFN2O2/c1-7-6-10(14)17-13(11(7)12(16)18)19-9-4-2-8(15)3-5-9/h2-6H,1H3,(H2,16,18). The second-order valence-corrected chi connectivity index (χ2v) is 4.25. The lowest BCUT2D eigenvalue weighted by Crippen LogP contribution is -2.15. The Bertz CT molecular complexity index is 629. The minimum Gasteiger partial charge on any atom is -0.438 e. The Morgan fingerprint density at radius 3 is 2.58 bits per heavy atom. The van der Waals surface area contributed by atoms with Crippen LogP contribution in [0.25, 0.3) is 0 Å². The molecule has 6 heteroatoms. The van der Waals surface area contributed by atoms with E-state index in [2.05, 4.69) is 4.98 Å². The number of pyridine rings is 1. The van der Waals surface area contributed by atoms with Crippen LogP contribution in [-0.2, 0) is 0 Å². The second-order valence-electron chi connectivity index (χ2n) is 3.86. The van der Waals surface area contributed by atoms with Gasteiger partial charge in [-0.05, 0) is 42.8 Å². The highest BCUT2D eigenvalue weighted by Crippen LogP contribution is 2.27. The predicted molar refractivity (Wildman–Crippen MR) is 69.0 cm³/mol. The summed E-state index contributed by atoms with van der Waals surface area (Å²) in [7, 11) is 0. The van der Waals surface area contributed by atoms with Crippen LogP contribution in [0, 0.1) is 12.7 Å². The van der Waals surface area contributed by atoms with Crippen LogP contribution in [0.4, 0.5) is 4.39 Å². The first-order valence-corrected chi connectivity index (χ1v) is 5.75. The summed E-state index contributed by atoms with van der Waals surface area (Å²) in [5.74, 6) is -0.723. The Labute approximate surface area is 114 Å². The smallest absolute Gasteiger partial charge is 0.254 e. The fourth-order valence-corrected chi connectivity index (χ4v) is 1.83. The van der Waals surface area contributed by atoms with Gasteiger partial charge in [0.2, 0.25) is 5.88 Å². The zero-order chi connectivity index (χ0) is 14.0. The Morgan fingerprint density at radius 2 is 2.00 bits per heavy atom. The molecule has 2 rings (SSSR count). The molecule has 19 heavy (non-hydrogen) atoms. The number of carbonyl (C=O) groups excluding carboxylic acids is 1. The average molecular weight is 281 g/mol. The molecule has 4 nitrogen and oxygen atoms in total. The van der Waals surface area contributed by atoms with Gasteiger partial charge in [-0.2, -0.15) is 0 Å². The summed E-state index contributed by atoms with van der Waals surface area (Å²) in [5, 5.41) is 0.180. The topological polar surface area (TPSA) is 65.2 Å². The van der Waals surface area contributed by atoms with E-state index in [0.717, 1.165) is 0 Å². The van der Waals surface area contributed by atoms with Crippen molar-refractivity contribution < 1.29 is 13.9 Å². The van der Waals surface area contributed by atoms with E-state index in [-0.39, 0.29) is 16.6 Å². The molecule has 0 aliphatic carbocycles. The highest BCUT2D eigenvalue weighted by atomic mass is 35.5. The van der Waals surface area contributed by atoms with Gasteiger partial charge in [0.1, 0.15) is 22.3 Å². The first-order valence-electron chi connectivity index (χ1n) is 5.37. The third kappa shape index (κ3) is 3.00. The van der Waals surface area contributed by atoms with E-state index in [0.29, 0.717) is 11.3 Å². The van der Waals surface area contributed by atoms with Gasteiger partial charge in [-0.15, -0.1) is 0 Å². The van der Waals surface area contributed by atoms with Crippen LogP contribution >= 0.6 is 11.6 Å². The number of benzene rings is 1. The molecule has 1 amide bonds. The quantitative estimate of drug-likeness (QED) is 0.879. The van der Waals surface area contributed by atoms with Crippen molar-refractivity contribution in [3.63, 3.8) is 0 Å². The van der Waals surface area contributed by atoms with E-state index in [4.69, 9.17) is 22.1 Å². The second kappa shape index (κ2) is 5.24. The number of ether oxygens (including phenoxy) is 1. The highest BCUT2D eigenvalue weighted by Gasteiger charge is 2.16. The SMILES string of the molecule is Cc1cc(Cl)nc(Oc2ccc(F)cc2)c1C(N)=O. The van der Waals surface area contributed by atoms with E-state index < -0.39 is 11.7 Å². The normalized spacial score (nSPS) is 10.3. The lowest BCUT2D eigenvalue weighted by Gasteiger charge is -2.10. The molecule has 0 saturated carbocycles. The molecular weight excluding hydrogens is 271 g/mol. The van der Waals surface area contributed by atoms with Gasteiger partial charge < -0.3 is 10.5 Å². The van der Waals surface area contributed by atoms with Crippen molar-refractivity contribution in [2.75, 3.05) is 0 Å². The van der Waals surface area contributed by atoms with Gasteiger partial charge >= 0.3 is 0 Å². The summed E-state index contributed by atoms with van der Waals surface area (Å²) in [6, 6.07) is 6.81. The van der Waals surface area contributed by atoms with E-state index in [1.165, 1.54) is 30.3 Å². The average Bonchev–Trinajstić information content (AvgIpc) is 2.30. The highest BCUT2D eigenvalue weighted by molar-refractivity contribution is 6.29. The Balaban J connectivity index is 2.44. The number of hydrogen-bond acceptors (Lipinski definition) is 3. The van der Waals surface area contributed by atoms with Crippen LogP contribution in [0.3, 0.4) is 0 Å². The molecule has 0 fully saturated rings. The van der Waals surface area contributed by atoms with Gasteiger partial charge in [0.05, 0.1) is 0 Å². The zero-order valence-corrected chi connectivity index (χ0v) is 10.7. The molecular formula is C13H10ClFN2O2. The molecule has 98 valence electrons. The molecule has 2 N–H and O–H groups in total. The summed E-state index contributed by atoms with van der Waals surface area (Å²) in [4.78, 5) is 15.3. The third-order valence-electron chi connectivity index (χ3n) is 2.43. The number of amides is 1. The lowest BCUT2D eigenvalue weighted by molar-refractivity contribution is 0.0997. The minimum atomic E-state index is -0.668. The Hall–Kier alpha value is -2.14. The summed E-state index contributed by atoms with van der Waals surface area (Å²) in [6.07, 6.45) is 0. The lowest BCUT2D eigenvalue weighted by atomic mass is 10.1. The van der Waals surface area contributed by atoms with Gasteiger partial charge in [0.25, 0.3) is 5.91 Å². The monoisotopic (exact) mass is 280 g/mol. The van der Waals surface area contributed by atoms with Crippen LogP contribution in [-0.4, -0.2) is 10.9 Å². The van der Waals surface area contributed by atoms with Gasteiger partial charge in [-0.1, -0.05) is 11.6 Å². The van der Waals surface area contributed by atoms with Crippen LogP contribution in [0.5, 0.6) is 11.6 Å². The van der Waals surface area contributed by atoms with Gasteiger partial charge in [0.15, 0.2) is 0 Å². The molecule has 0 bridgehead atoms. The van der Waals surface area contributed by atoms with Crippen molar-refractivity contribution in [2.24, 2.45) is 5.73 Å². The van der Waals surface area contributed by atoms with Crippen LogP contribution in [0.1, 0.15) is 15.9 Å². The number of hydrogen-bond donors (Lipinski definition) is 1. The van der Waals surface area contributed by atoms with Crippen molar-refractivity contribution in [3.8, 4) is 11.6 Å². The molecule has 0 spiro atoms. The van der Waals surface area contributed by atoms with Crippen molar-refractivity contribution in [3.05, 3.63) is 52.4 Å². The van der Waals surface area contributed by atoms with Crippen LogP contribution in [0.2, 0.25) is 5.15 Å². The molecule has 2 aromatic rings. The molecule has 0 aliphatic rings. The van der Waals surface area contributed by atoms with Crippen molar-refractivity contribution >= 4 is 17.5 Å². The maximum atomic E-state index is 12.8. The molecule has 1 heterocycles. The minimum absolute atomic E-state index is 0.00380. The van der Waals surface area contributed by atoms with Crippen LogP contribution < -0.4 is 10.5 Å². The summed E-state index contributed by atoms with van der Waals surface area (Å²) >= 11 is 5.82. The predicted octanol–water partition coefficient (Wildman–Crippen LogP) is 3.07. The molecule has 0 radical (unpaired) electrons. The molecule has 1 aromatic carbocycles. The molecule has 0 atom stereocenters. The summed E-state index contributed by atoms with van der Waals surface area (Å²) < 4.78 is 18.2. The van der Waals surface area contributed by atoms with Crippen LogP contribution in [0.15, 0.2) is 30.3 Å². The first kappa shape index (κ1) is 13.3. The zero-order valence-electron chi connectivity index (χ0n) is 9.98. The molecule has 1 aromatic heterocycles. The van der Waals surface area contributed by atoms with Gasteiger partial charge in [-0.25, -0.2) is 9.37 Å². The summed E-state index contributed by atoms with van der Waals surface area (Å²) in [5.41, 5.74) is 5.99. The maximum Gasteiger partial charge on any atom is 0.254 e. The van der Waals surface area contributed by atoms with Gasteiger partial charge in [-0.3, -0.25) is 4.79 Å². The number of halogens is 2. The van der Waals surface area contributed by atoms with E-state index in [9.17, 15) is 9.18 Å². The summed E-state index contributed by atoms with van der Waals surface area (Å²) in [6.45, 7) is 1.67. The Kier molecular flexibility index (Phi) is 3.66.